The van der Waals surface area contributed by atoms with Gasteiger partial charge in [0, 0.05) is 23.7 Å². The number of hydrogen-bond donors (Lipinski definition) is 1. The van der Waals surface area contributed by atoms with Crippen LogP contribution in [-0.2, 0) is 0 Å². The van der Waals surface area contributed by atoms with Gasteiger partial charge in [0.25, 0.3) is 11.6 Å². The Morgan fingerprint density at radius 3 is 2.55 bits per heavy atom. The van der Waals surface area contributed by atoms with Gasteiger partial charge in [0.2, 0.25) is 0 Å². The van der Waals surface area contributed by atoms with Gasteiger partial charge in [-0.15, -0.1) is 0 Å². The predicted octanol–water partition coefficient (Wildman–Crippen LogP) is 5.13. The van der Waals surface area contributed by atoms with Gasteiger partial charge in [-0.1, -0.05) is 37.5 Å². The fraction of sp³-hybridized carbons (Fsp3) is 0.333. The molecule has 1 aliphatic carbocycles. The van der Waals surface area contributed by atoms with Gasteiger partial charge in [-0.05, 0) is 56.0 Å². The summed E-state index contributed by atoms with van der Waals surface area (Å²) >= 11 is 0. The van der Waals surface area contributed by atoms with Gasteiger partial charge < -0.3 is 5.32 Å². The van der Waals surface area contributed by atoms with E-state index in [1.165, 1.54) is 28.8 Å². The zero-order chi connectivity index (χ0) is 22.0. The fourth-order valence-electron chi connectivity index (χ4n) is 4.03. The third kappa shape index (κ3) is 4.50. The van der Waals surface area contributed by atoms with Crippen LogP contribution in [0, 0.1) is 24.0 Å². The van der Waals surface area contributed by atoms with Crippen molar-refractivity contribution < 1.29 is 9.72 Å². The second kappa shape index (κ2) is 8.71. The number of non-ortho nitro benzene ring substituents is 1. The van der Waals surface area contributed by atoms with Crippen LogP contribution in [0.5, 0.6) is 0 Å². The summed E-state index contributed by atoms with van der Waals surface area (Å²) in [5.74, 6) is -0.207. The second-order valence-electron chi connectivity index (χ2n) is 8.21. The molecule has 1 aromatic heterocycles. The summed E-state index contributed by atoms with van der Waals surface area (Å²) in [6, 6.07) is 14.2. The van der Waals surface area contributed by atoms with E-state index in [-0.39, 0.29) is 17.6 Å². The first kappa shape index (κ1) is 20.8. The molecule has 0 saturated heterocycles. The molecule has 1 amide bonds. The number of carbonyl (C=O) groups is 1. The molecule has 0 spiro atoms. The van der Waals surface area contributed by atoms with Crippen LogP contribution in [0.15, 0.2) is 48.5 Å². The number of nitro groups is 1. The molecule has 1 heterocycles. The van der Waals surface area contributed by atoms with Crippen LogP contribution in [0.25, 0.3) is 16.9 Å². The van der Waals surface area contributed by atoms with Gasteiger partial charge in [-0.3, -0.25) is 14.9 Å². The molecule has 0 bridgehead atoms. The average Bonchev–Trinajstić information content (AvgIpc) is 3.22. The molecule has 0 atom stereocenters. The van der Waals surface area contributed by atoms with Crippen LogP contribution >= 0.6 is 0 Å². The Hall–Kier alpha value is -3.48. The first-order valence-corrected chi connectivity index (χ1v) is 10.7. The summed E-state index contributed by atoms with van der Waals surface area (Å²) in [7, 11) is 0. The van der Waals surface area contributed by atoms with Crippen molar-refractivity contribution in [1.29, 1.82) is 0 Å². The van der Waals surface area contributed by atoms with Gasteiger partial charge in [-0.25, -0.2) is 4.68 Å². The summed E-state index contributed by atoms with van der Waals surface area (Å²) < 4.78 is 1.51. The Morgan fingerprint density at radius 2 is 1.84 bits per heavy atom. The smallest absolute Gasteiger partial charge is 0.271 e. The van der Waals surface area contributed by atoms with Gasteiger partial charge >= 0.3 is 0 Å². The minimum absolute atomic E-state index is 0.0423. The van der Waals surface area contributed by atoms with E-state index >= 15 is 0 Å². The lowest BCUT2D eigenvalue weighted by Crippen LogP contribution is -2.37. The number of aryl methyl sites for hydroxylation is 2. The summed E-state index contributed by atoms with van der Waals surface area (Å²) in [5, 5.41) is 19.1. The summed E-state index contributed by atoms with van der Waals surface area (Å²) in [4.78, 5) is 24.0. The minimum atomic E-state index is -0.445. The van der Waals surface area contributed by atoms with Crippen molar-refractivity contribution in [2.24, 2.45) is 0 Å². The van der Waals surface area contributed by atoms with Crippen LogP contribution < -0.4 is 5.32 Å². The normalized spacial score (nSPS) is 14.4. The number of hydrogen-bond acceptors (Lipinski definition) is 4. The van der Waals surface area contributed by atoms with Crippen LogP contribution in [0.1, 0.15) is 53.7 Å². The summed E-state index contributed by atoms with van der Waals surface area (Å²) in [5.41, 5.74) is 4.69. The molecule has 0 unspecified atom stereocenters. The third-order valence-electron chi connectivity index (χ3n) is 5.97. The lowest BCUT2D eigenvalue weighted by Gasteiger charge is -2.22. The van der Waals surface area contributed by atoms with E-state index in [1.54, 1.807) is 18.2 Å². The number of nitro benzene ring substituents is 1. The molecule has 1 aliphatic rings. The highest BCUT2D eigenvalue weighted by atomic mass is 16.6. The van der Waals surface area contributed by atoms with Crippen molar-refractivity contribution in [2.75, 3.05) is 0 Å². The Morgan fingerprint density at radius 1 is 1.06 bits per heavy atom. The topological polar surface area (TPSA) is 90.1 Å². The van der Waals surface area contributed by atoms with Gasteiger partial charge in [0.1, 0.15) is 5.69 Å². The summed E-state index contributed by atoms with van der Waals surface area (Å²) in [6.45, 7) is 4.08. The third-order valence-corrected chi connectivity index (χ3v) is 5.97. The molecular weight excluding hydrogens is 392 g/mol. The number of aromatic nitrogens is 2. The zero-order valence-electron chi connectivity index (χ0n) is 17.8. The monoisotopic (exact) mass is 418 g/mol. The SMILES string of the molecule is Cc1ccc(-c2cc(C(=O)NC3CCCCC3)n(-c3cccc([N+](=O)[O-])c3)n2)cc1C. The molecule has 0 aliphatic heterocycles. The minimum Gasteiger partial charge on any atom is -0.348 e. The van der Waals surface area contributed by atoms with E-state index < -0.39 is 4.92 Å². The average molecular weight is 418 g/mol. The molecular formula is C24H26N4O3. The summed E-state index contributed by atoms with van der Waals surface area (Å²) in [6.07, 6.45) is 5.38. The number of rotatable bonds is 5. The quantitative estimate of drug-likeness (QED) is 0.460. The zero-order valence-corrected chi connectivity index (χ0v) is 17.8. The molecule has 1 saturated carbocycles. The van der Waals surface area contributed by atoms with E-state index in [0.29, 0.717) is 17.1 Å². The van der Waals surface area contributed by atoms with E-state index in [4.69, 9.17) is 0 Å². The number of nitrogens with zero attached hydrogens (tertiary/aromatic N) is 3. The van der Waals surface area contributed by atoms with Crippen molar-refractivity contribution >= 4 is 11.6 Å². The Labute approximate surface area is 181 Å². The molecule has 7 nitrogen and oxygen atoms in total. The molecule has 31 heavy (non-hydrogen) atoms. The van der Waals surface area contributed by atoms with Gasteiger partial charge in [0.15, 0.2) is 0 Å². The van der Waals surface area contributed by atoms with E-state index in [9.17, 15) is 14.9 Å². The maximum atomic E-state index is 13.2. The molecule has 3 aromatic rings. The number of benzene rings is 2. The number of nitrogens with one attached hydrogen (secondary N) is 1. The van der Waals surface area contributed by atoms with Crippen LogP contribution in [0.3, 0.4) is 0 Å². The fourth-order valence-corrected chi connectivity index (χ4v) is 4.03. The van der Waals surface area contributed by atoms with Crippen molar-refractivity contribution in [2.45, 2.75) is 52.0 Å². The Bertz CT molecular complexity index is 1130. The standard InChI is InChI=1S/C24H26N4O3/c1-16-11-12-18(13-17(16)2)22-15-23(24(29)25-19-7-4-3-5-8-19)27(26-22)20-9-6-10-21(14-20)28(30)31/h6,9-15,19H,3-5,7-8H2,1-2H3,(H,25,29). The van der Waals surface area contributed by atoms with Gasteiger partial charge in [0.05, 0.1) is 16.3 Å². The molecule has 1 fully saturated rings. The Balaban J connectivity index is 1.76. The molecule has 1 N–H and O–H groups in total. The van der Waals surface area contributed by atoms with Gasteiger partial charge in [-0.2, -0.15) is 5.10 Å². The van der Waals surface area contributed by atoms with Crippen molar-refractivity contribution in [3.05, 3.63) is 75.5 Å². The molecule has 160 valence electrons. The van der Waals surface area contributed by atoms with E-state index in [0.717, 1.165) is 36.8 Å². The largest absolute Gasteiger partial charge is 0.348 e. The first-order valence-electron chi connectivity index (χ1n) is 10.7. The lowest BCUT2D eigenvalue weighted by molar-refractivity contribution is -0.384. The van der Waals surface area contributed by atoms with E-state index in [2.05, 4.69) is 10.4 Å². The molecule has 2 aromatic carbocycles. The molecule has 4 rings (SSSR count). The highest BCUT2D eigenvalue weighted by molar-refractivity contribution is 5.94. The lowest BCUT2D eigenvalue weighted by atomic mass is 9.95. The maximum Gasteiger partial charge on any atom is 0.271 e. The molecule has 7 heteroatoms. The first-order chi connectivity index (χ1) is 14.9. The number of carbonyl (C=O) groups excluding carboxylic acids is 1. The van der Waals surface area contributed by atoms with Crippen LogP contribution in [-0.4, -0.2) is 26.7 Å². The van der Waals surface area contributed by atoms with Crippen molar-refractivity contribution in [1.82, 2.24) is 15.1 Å². The Kier molecular flexibility index (Phi) is 5.84. The predicted molar refractivity (Wildman–Crippen MR) is 119 cm³/mol. The highest BCUT2D eigenvalue weighted by Gasteiger charge is 2.22. The van der Waals surface area contributed by atoms with Crippen LogP contribution in [0.4, 0.5) is 5.69 Å². The van der Waals surface area contributed by atoms with Crippen LogP contribution in [0.2, 0.25) is 0 Å². The van der Waals surface area contributed by atoms with E-state index in [1.807, 2.05) is 32.0 Å². The second-order valence-corrected chi connectivity index (χ2v) is 8.21. The maximum absolute atomic E-state index is 13.2. The van der Waals surface area contributed by atoms with Crippen molar-refractivity contribution in [3.63, 3.8) is 0 Å². The molecule has 0 radical (unpaired) electrons. The van der Waals surface area contributed by atoms with Crippen molar-refractivity contribution in [3.8, 4) is 16.9 Å². The highest BCUT2D eigenvalue weighted by Crippen LogP contribution is 2.26. The number of amides is 1.